The zero-order valence-corrected chi connectivity index (χ0v) is 10.9. The number of phenols is 1. The van der Waals surface area contributed by atoms with E-state index in [1.165, 1.54) is 0 Å². The molecule has 17 heavy (non-hydrogen) atoms. The second-order valence-corrected chi connectivity index (χ2v) is 4.83. The van der Waals surface area contributed by atoms with Crippen LogP contribution in [0, 0.1) is 11.7 Å². The van der Waals surface area contributed by atoms with Gasteiger partial charge in [0.1, 0.15) is 0 Å². The highest BCUT2D eigenvalue weighted by molar-refractivity contribution is 6.30. The van der Waals surface area contributed by atoms with Crippen LogP contribution in [-0.4, -0.2) is 5.11 Å². The standard InChI is InChI=1S/C12H15ClFNO.ClH/c13-8-5-9(12(16)10(14)6-8)11(15)7-3-1-2-4-7;/h5-7,11,16H,1-4,15H2;1H/t11-;/m1./s1. The van der Waals surface area contributed by atoms with Gasteiger partial charge in [-0.15, -0.1) is 12.4 Å². The molecule has 0 aliphatic heterocycles. The van der Waals surface area contributed by atoms with E-state index < -0.39 is 5.82 Å². The summed E-state index contributed by atoms with van der Waals surface area (Å²) in [5.74, 6) is -0.733. The fraction of sp³-hybridized carbons (Fsp3) is 0.500. The first-order valence-electron chi connectivity index (χ1n) is 5.53. The quantitative estimate of drug-likeness (QED) is 0.865. The van der Waals surface area contributed by atoms with Gasteiger partial charge in [0.25, 0.3) is 0 Å². The third kappa shape index (κ3) is 3.03. The molecule has 0 saturated heterocycles. The van der Waals surface area contributed by atoms with Crippen LogP contribution in [0.4, 0.5) is 4.39 Å². The van der Waals surface area contributed by atoms with Crippen molar-refractivity contribution in [2.24, 2.45) is 11.7 Å². The molecular formula is C12H16Cl2FNO. The van der Waals surface area contributed by atoms with Gasteiger partial charge in [0.05, 0.1) is 0 Å². The number of hydrogen-bond acceptors (Lipinski definition) is 2. The molecule has 0 aromatic heterocycles. The summed E-state index contributed by atoms with van der Waals surface area (Å²) in [5.41, 5.74) is 6.48. The van der Waals surface area contributed by atoms with Gasteiger partial charge in [-0.25, -0.2) is 4.39 Å². The number of aromatic hydroxyl groups is 1. The largest absolute Gasteiger partial charge is 0.505 e. The fourth-order valence-electron chi connectivity index (χ4n) is 2.41. The minimum atomic E-state index is -0.698. The number of benzene rings is 1. The van der Waals surface area contributed by atoms with Crippen molar-refractivity contribution in [2.75, 3.05) is 0 Å². The van der Waals surface area contributed by atoms with Crippen LogP contribution in [0.2, 0.25) is 5.02 Å². The normalized spacial score (nSPS) is 17.8. The maximum atomic E-state index is 13.3. The van der Waals surface area contributed by atoms with Crippen LogP contribution in [0.1, 0.15) is 37.3 Å². The Bertz CT molecular complexity index is 394. The van der Waals surface area contributed by atoms with Gasteiger partial charge in [-0.3, -0.25) is 0 Å². The summed E-state index contributed by atoms with van der Waals surface area (Å²) in [6, 6.07) is 2.33. The summed E-state index contributed by atoms with van der Waals surface area (Å²) >= 11 is 5.77. The zero-order valence-electron chi connectivity index (χ0n) is 9.33. The van der Waals surface area contributed by atoms with Crippen molar-refractivity contribution in [3.8, 4) is 5.75 Å². The molecule has 2 rings (SSSR count). The third-order valence-corrected chi connectivity index (χ3v) is 3.54. The number of hydrogen-bond donors (Lipinski definition) is 2. The fourth-order valence-corrected chi connectivity index (χ4v) is 2.62. The Hall–Kier alpha value is -0.510. The van der Waals surface area contributed by atoms with E-state index in [0.29, 0.717) is 11.5 Å². The van der Waals surface area contributed by atoms with E-state index in [1.54, 1.807) is 6.07 Å². The topological polar surface area (TPSA) is 46.2 Å². The molecule has 5 heteroatoms. The average molecular weight is 280 g/mol. The van der Waals surface area contributed by atoms with E-state index in [4.69, 9.17) is 17.3 Å². The summed E-state index contributed by atoms with van der Waals surface area (Å²) in [6.45, 7) is 0. The van der Waals surface area contributed by atoms with Crippen molar-refractivity contribution < 1.29 is 9.50 Å². The predicted octanol–water partition coefficient (Wildman–Crippen LogP) is 3.80. The van der Waals surface area contributed by atoms with E-state index in [2.05, 4.69) is 0 Å². The van der Waals surface area contributed by atoms with Crippen LogP contribution in [0.15, 0.2) is 12.1 Å². The second-order valence-electron chi connectivity index (χ2n) is 4.40. The van der Waals surface area contributed by atoms with Gasteiger partial charge >= 0.3 is 0 Å². The molecule has 1 aromatic rings. The molecule has 96 valence electrons. The lowest BCUT2D eigenvalue weighted by Gasteiger charge is -2.20. The van der Waals surface area contributed by atoms with E-state index in [9.17, 15) is 9.50 Å². The molecule has 1 aliphatic carbocycles. The first-order chi connectivity index (χ1) is 7.59. The minimum absolute atomic E-state index is 0. The van der Waals surface area contributed by atoms with Gasteiger partial charge in [0.2, 0.25) is 0 Å². The summed E-state index contributed by atoms with van der Waals surface area (Å²) in [7, 11) is 0. The molecule has 0 unspecified atom stereocenters. The molecule has 0 heterocycles. The molecule has 1 saturated carbocycles. The smallest absolute Gasteiger partial charge is 0.166 e. The maximum Gasteiger partial charge on any atom is 0.166 e. The molecule has 0 radical (unpaired) electrons. The Morgan fingerprint density at radius 1 is 1.35 bits per heavy atom. The van der Waals surface area contributed by atoms with Crippen molar-refractivity contribution in [2.45, 2.75) is 31.7 Å². The van der Waals surface area contributed by atoms with Gasteiger partial charge in [-0.05, 0) is 30.9 Å². The summed E-state index contributed by atoms with van der Waals surface area (Å²) < 4.78 is 13.3. The van der Waals surface area contributed by atoms with E-state index >= 15 is 0 Å². The molecule has 2 nitrogen and oxygen atoms in total. The van der Waals surface area contributed by atoms with Gasteiger partial charge < -0.3 is 10.8 Å². The van der Waals surface area contributed by atoms with E-state index in [1.807, 2.05) is 0 Å². The van der Waals surface area contributed by atoms with Crippen molar-refractivity contribution >= 4 is 24.0 Å². The minimum Gasteiger partial charge on any atom is -0.505 e. The van der Waals surface area contributed by atoms with Crippen LogP contribution in [0.25, 0.3) is 0 Å². The van der Waals surface area contributed by atoms with Crippen LogP contribution < -0.4 is 5.73 Å². The lowest BCUT2D eigenvalue weighted by Crippen LogP contribution is -2.19. The van der Waals surface area contributed by atoms with Crippen molar-refractivity contribution in [1.29, 1.82) is 0 Å². The highest BCUT2D eigenvalue weighted by Crippen LogP contribution is 2.39. The first kappa shape index (κ1) is 14.6. The molecule has 3 N–H and O–H groups in total. The van der Waals surface area contributed by atoms with Gasteiger partial charge in [0.15, 0.2) is 11.6 Å². The van der Waals surface area contributed by atoms with Crippen LogP contribution in [-0.2, 0) is 0 Å². The molecule has 1 atom stereocenters. The van der Waals surface area contributed by atoms with Crippen LogP contribution in [0.3, 0.4) is 0 Å². The number of halogens is 3. The Labute approximate surface area is 111 Å². The lowest BCUT2D eigenvalue weighted by molar-refractivity contribution is 0.392. The molecule has 0 amide bonds. The SMILES string of the molecule is Cl.N[C@@H](c1cc(Cl)cc(F)c1O)C1CCCC1. The Kier molecular flexibility index (Phi) is 5.04. The molecular weight excluding hydrogens is 264 g/mol. The predicted molar refractivity (Wildman–Crippen MR) is 69.2 cm³/mol. The monoisotopic (exact) mass is 279 g/mol. The lowest BCUT2D eigenvalue weighted by atomic mass is 9.92. The van der Waals surface area contributed by atoms with Crippen LogP contribution >= 0.6 is 24.0 Å². The number of rotatable bonds is 2. The van der Waals surface area contributed by atoms with E-state index in [-0.39, 0.29) is 29.2 Å². The maximum absolute atomic E-state index is 13.3. The highest BCUT2D eigenvalue weighted by Gasteiger charge is 2.26. The summed E-state index contributed by atoms with van der Waals surface area (Å²) in [4.78, 5) is 0. The highest BCUT2D eigenvalue weighted by atomic mass is 35.5. The summed E-state index contributed by atoms with van der Waals surface area (Å²) in [6.07, 6.45) is 4.38. The van der Waals surface area contributed by atoms with Crippen molar-refractivity contribution in [3.05, 3.63) is 28.5 Å². The van der Waals surface area contributed by atoms with Crippen molar-refractivity contribution in [1.82, 2.24) is 0 Å². The third-order valence-electron chi connectivity index (χ3n) is 3.32. The summed E-state index contributed by atoms with van der Waals surface area (Å²) in [5, 5.41) is 9.92. The molecule has 1 aromatic carbocycles. The van der Waals surface area contributed by atoms with Gasteiger partial charge in [0, 0.05) is 16.6 Å². The van der Waals surface area contributed by atoms with E-state index in [0.717, 1.165) is 31.7 Å². The first-order valence-corrected chi connectivity index (χ1v) is 5.91. The van der Waals surface area contributed by atoms with Crippen molar-refractivity contribution in [3.63, 3.8) is 0 Å². The zero-order chi connectivity index (χ0) is 11.7. The van der Waals surface area contributed by atoms with Crippen LogP contribution in [0.5, 0.6) is 5.75 Å². The molecule has 0 spiro atoms. The molecule has 0 bridgehead atoms. The Balaban J connectivity index is 0.00000144. The van der Waals surface area contributed by atoms with Gasteiger partial charge in [-0.2, -0.15) is 0 Å². The Morgan fingerprint density at radius 2 is 1.94 bits per heavy atom. The molecule has 1 fully saturated rings. The molecule has 1 aliphatic rings. The average Bonchev–Trinajstić information content (AvgIpc) is 2.75. The number of nitrogens with two attached hydrogens (primary N) is 1. The second kappa shape index (κ2) is 5.89. The number of phenolic OH excluding ortho intramolecular Hbond substituents is 1. The van der Waals surface area contributed by atoms with Gasteiger partial charge in [-0.1, -0.05) is 24.4 Å². The Morgan fingerprint density at radius 3 is 2.53 bits per heavy atom.